The molecule has 0 aromatic heterocycles. The summed E-state index contributed by atoms with van der Waals surface area (Å²) in [5.41, 5.74) is 1.59. The SMILES string of the molecule is CCCC(C)C1C=C(C)C1. The van der Waals surface area contributed by atoms with Crippen molar-refractivity contribution in [3.63, 3.8) is 0 Å². The maximum absolute atomic E-state index is 2.43. The highest BCUT2D eigenvalue weighted by Gasteiger charge is 2.20. The van der Waals surface area contributed by atoms with Crippen molar-refractivity contribution < 1.29 is 0 Å². The molecule has 0 saturated heterocycles. The van der Waals surface area contributed by atoms with E-state index in [0.717, 1.165) is 11.8 Å². The number of hydrogen-bond donors (Lipinski definition) is 0. The van der Waals surface area contributed by atoms with Crippen LogP contribution in [0.25, 0.3) is 0 Å². The van der Waals surface area contributed by atoms with Gasteiger partial charge in [-0.15, -0.1) is 0 Å². The van der Waals surface area contributed by atoms with Crippen LogP contribution in [0.5, 0.6) is 0 Å². The van der Waals surface area contributed by atoms with Gasteiger partial charge in [-0.1, -0.05) is 38.3 Å². The summed E-state index contributed by atoms with van der Waals surface area (Å²) >= 11 is 0. The van der Waals surface area contributed by atoms with Crippen LogP contribution in [0.2, 0.25) is 0 Å². The highest BCUT2D eigenvalue weighted by Crippen LogP contribution is 2.33. The Morgan fingerprint density at radius 2 is 2.30 bits per heavy atom. The molecule has 0 bridgehead atoms. The van der Waals surface area contributed by atoms with Gasteiger partial charge in [-0.3, -0.25) is 0 Å². The predicted molar refractivity (Wildman–Crippen MR) is 45.9 cm³/mol. The molecule has 1 aliphatic carbocycles. The summed E-state index contributed by atoms with van der Waals surface area (Å²) in [5.74, 6) is 1.84. The first-order valence-corrected chi connectivity index (χ1v) is 4.41. The van der Waals surface area contributed by atoms with Crippen molar-refractivity contribution in [3.05, 3.63) is 11.6 Å². The molecule has 0 aromatic carbocycles. The molecule has 0 fully saturated rings. The van der Waals surface area contributed by atoms with Crippen molar-refractivity contribution in [2.45, 2.75) is 40.0 Å². The maximum atomic E-state index is 2.43. The third kappa shape index (κ3) is 1.62. The first-order valence-electron chi connectivity index (χ1n) is 4.41. The van der Waals surface area contributed by atoms with Gasteiger partial charge in [0.05, 0.1) is 0 Å². The zero-order valence-corrected chi connectivity index (χ0v) is 7.35. The van der Waals surface area contributed by atoms with Gasteiger partial charge in [0.2, 0.25) is 0 Å². The molecule has 0 saturated carbocycles. The van der Waals surface area contributed by atoms with E-state index in [9.17, 15) is 0 Å². The van der Waals surface area contributed by atoms with Crippen LogP contribution in [0.3, 0.4) is 0 Å². The Morgan fingerprint density at radius 1 is 1.70 bits per heavy atom. The molecule has 0 heterocycles. The fourth-order valence-electron chi connectivity index (χ4n) is 1.74. The van der Waals surface area contributed by atoms with Gasteiger partial charge in [0.25, 0.3) is 0 Å². The Balaban J connectivity index is 2.25. The van der Waals surface area contributed by atoms with Crippen LogP contribution in [-0.4, -0.2) is 0 Å². The van der Waals surface area contributed by atoms with Crippen LogP contribution in [0, 0.1) is 11.8 Å². The van der Waals surface area contributed by atoms with E-state index in [4.69, 9.17) is 0 Å². The minimum Gasteiger partial charge on any atom is -0.0819 e. The Bertz CT molecular complexity index is 133. The van der Waals surface area contributed by atoms with E-state index in [1.807, 2.05) is 0 Å². The summed E-state index contributed by atoms with van der Waals surface area (Å²) in [7, 11) is 0. The molecule has 2 unspecified atom stereocenters. The smallest absolute Gasteiger partial charge is 0.0168 e. The fourth-order valence-corrected chi connectivity index (χ4v) is 1.74. The van der Waals surface area contributed by atoms with Crippen molar-refractivity contribution >= 4 is 0 Å². The molecule has 10 heavy (non-hydrogen) atoms. The molecule has 0 spiro atoms. The van der Waals surface area contributed by atoms with Gasteiger partial charge in [-0.25, -0.2) is 0 Å². The van der Waals surface area contributed by atoms with Gasteiger partial charge >= 0.3 is 0 Å². The van der Waals surface area contributed by atoms with E-state index in [2.05, 4.69) is 26.8 Å². The molecule has 0 amide bonds. The van der Waals surface area contributed by atoms with Gasteiger partial charge in [-0.2, -0.15) is 0 Å². The Labute approximate surface area is 64.3 Å². The van der Waals surface area contributed by atoms with Crippen LogP contribution in [-0.2, 0) is 0 Å². The van der Waals surface area contributed by atoms with Crippen molar-refractivity contribution in [2.75, 3.05) is 0 Å². The van der Waals surface area contributed by atoms with E-state index in [1.165, 1.54) is 19.3 Å². The van der Waals surface area contributed by atoms with Crippen molar-refractivity contribution in [3.8, 4) is 0 Å². The zero-order valence-electron chi connectivity index (χ0n) is 7.35. The third-order valence-electron chi connectivity index (χ3n) is 2.53. The van der Waals surface area contributed by atoms with Gasteiger partial charge < -0.3 is 0 Å². The van der Waals surface area contributed by atoms with Crippen LogP contribution in [0.15, 0.2) is 11.6 Å². The molecule has 2 atom stereocenters. The van der Waals surface area contributed by atoms with Gasteiger partial charge in [-0.05, 0) is 25.2 Å². The zero-order chi connectivity index (χ0) is 7.56. The van der Waals surface area contributed by atoms with Gasteiger partial charge in [0.15, 0.2) is 0 Å². The lowest BCUT2D eigenvalue weighted by atomic mass is 9.77. The van der Waals surface area contributed by atoms with Crippen LogP contribution in [0.4, 0.5) is 0 Å². The van der Waals surface area contributed by atoms with Gasteiger partial charge in [0, 0.05) is 0 Å². The molecule has 0 N–H and O–H groups in total. The molecule has 0 heteroatoms. The van der Waals surface area contributed by atoms with Gasteiger partial charge in [0.1, 0.15) is 0 Å². The average molecular weight is 138 g/mol. The summed E-state index contributed by atoms with van der Waals surface area (Å²) < 4.78 is 0. The molecule has 0 aromatic rings. The van der Waals surface area contributed by atoms with Crippen molar-refractivity contribution in [1.82, 2.24) is 0 Å². The number of allylic oxidation sites excluding steroid dienone is 2. The monoisotopic (exact) mass is 138 g/mol. The topological polar surface area (TPSA) is 0 Å². The second-order valence-electron chi connectivity index (χ2n) is 3.65. The normalized spacial score (nSPS) is 27.1. The first kappa shape index (κ1) is 7.84. The van der Waals surface area contributed by atoms with Crippen LogP contribution < -0.4 is 0 Å². The molecule has 58 valence electrons. The summed E-state index contributed by atoms with van der Waals surface area (Å²) in [6, 6.07) is 0. The lowest BCUT2D eigenvalue weighted by Crippen LogP contribution is -2.16. The lowest BCUT2D eigenvalue weighted by molar-refractivity contribution is 0.365. The quantitative estimate of drug-likeness (QED) is 0.524. The first-order chi connectivity index (χ1) is 4.74. The van der Waals surface area contributed by atoms with Crippen LogP contribution in [0.1, 0.15) is 40.0 Å². The van der Waals surface area contributed by atoms with Crippen molar-refractivity contribution in [1.29, 1.82) is 0 Å². The third-order valence-corrected chi connectivity index (χ3v) is 2.53. The Hall–Kier alpha value is -0.260. The molecular formula is C10H18. The number of hydrogen-bond acceptors (Lipinski definition) is 0. The summed E-state index contributed by atoms with van der Waals surface area (Å²) in [6.45, 7) is 6.87. The second-order valence-corrected chi connectivity index (χ2v) is 3.65. The van der Waals surface area contributed by atoms with E-state index in [1.54, 1.807) is 5.57 Å². The Kier molecular flexibility index (Phi) is 2.53. The average Bonchev–Trinajstić information content (AvgIpc) is 1.82. The molecule has 0 nitrogen and oxygen atoms in total. The molecule has 1 rings (SSSR count). The summed E-state index contributed by atoms with van der Waals surface area (Å²) in [6.07, 6.45) is 6.53. The van der Waals surface area contributed by atoms with Crippen LogP contribution >= 0.6 is 0 Å². The Morgan fingerprint density at radius 3 is 2.70 bits per heavy atom. The summed E-state index contributed by atoms with van der Waals surface area (Å²) in [4.78, 5) is 0. The van der Waals surface area contributed by atoms with E-state index < -0.39 is 0 Å². The second kappa shape index (κ2) is 3.23. The van der Waals surface area contributed by atoms with E-state index >= 15 is 0 Å². The molecule has 0 radical (unpaired) electrons. The number of rotatable bonds is 3. The highest BCUT2D eigenvalue weighted by atomic mass is 14.3. The summed E-state index contributed by atoms with van der Waals surface area (Å²) in [5, 5.41) is 0. The molecular weight excluding hydrogens is 120 g/mol. The predicted octanol–water partition coefficient (Wildman–Crippen LogP) is 3.39. The highest BCUT2D eigenvalue weighted by molar-refractivity contribution is 5.14. The molecule has 1 aliphatic rings. The van der Waals surface area contributed by atoms with E-state index in [0.29, 0.717) is 0 Å². The maximum Gasteiger partial charge on any atom is -0.0168 e. The van der Waals surface area contributed by atoms with Crippen molar-refractivity contribution in [2.24, 2.45) is 11.8 Å². The minimum atomic E-state index is 0.917. The lowest BCUT2D eigenvalue weighted by Gasteiger charge is -2.28. The minimum absolute atomic E-state index is 0.917. The fraction of sp³-hybridized carbons (Fsp3) is 0.800. The molecule has 0 aliphatic heterocycles. The largest absolute Gasteiger partial charge is 0.0819 e. The standard InChI is InChI=1S/C10H18/c1-4-5-9(3)10-6-8(2)7-10/h6,9-10H,4-5,7H2,1-3H3. The van der Waals surface area contributed by atoms with E-state index in [-0.39, 0.29) is 0 Å².